The lowest BCUT2D eigenvalue weighted by Crippen LogP contribution is -2.06. The van der Waals surface area contributed by atoms with Gasteiger partial charge in [-0.1, -0.05) is 0 Å². The average Bonchev–Trinajstić information content (AvgIpc) is 2.74. The van der Waals surface area contributed by atoms with Gasteiger partial charge in [0, 0.05) is 19.0 Å². The average molecular weight is 277 g/mol. The SMILES string of the molecule is COC(=O)c1cccnc1CSc1cc(C)nn1C. The quantitative estimate of drug-likeness (QED) is 0.633. The first kappa shape index (κ1) is 13.6. The molecule has 0 bridgehead atoms. The molecule has 100 valence electrons. The molecule has 0 aliphatic carbocycles. The van der Waals surface area contributed by atoms with E-state index in [1.54, 1.807) is 30.1 Å². The first-order valence-corrected chi connectivity index (χ1v) is 6.76. The minimum Gasteiger partial charge on any atom is -0.465 e. The standard InChI is InChI=1S/C13H15N3O2S/c1-9-7-12(16(2)15-9)19-8-11-10(13(17)18-3)5-4-6-14-11/h4-7H,8H2,1-3H3. The summed E-state index contributed by atoms with van der Waals surface area (Å²) in [7, 11) is 3.27. The third kappa shape index (κ3) is 3.14. The van der Waals surface area contributed by atoms with Crippen LogP contribution in [0.3, 0.4) is 0 Å². The summed E-state index contributed by atoms with van der Waals surface area (Å²) in [6.07, 6.45) is 1.68. The lowest BCUT2D eigenvalue weighted by Gasteiger charge is -2.06. The summed E-state index contributed by atoms with van der Waals surface area (Å²) in [5.74, 6) is 0.245. The Labute approximate surface area is 116 Å². The van der Waals surface area contributed by atoms with Crippen molar-refractivity contribution in [3.63, 3.8) is 0 Å². The van der Waals surface area contributed by atoms with Crippen LogP contribution in [0.5, 0.6) is 0 Å². The molecule has 0 radical (unpaired) electrons. The Hall–Kier alpha value is -1.82. The number of methoxy groups -OCH3 is 1. The fourth-order valence-corrected chi connectivity index (χ4v) is 2.71. The Morgan fingerprint density at radius 2 is 2.32 bits per heavy atom. The Kier molecular flexibility index (Phi) is 4.21. The number of carbonyl (C=O) groups is 1. The summed E-state index contributed by atoms with van der Waals surface area (Å²) in [6, 6.07) is 5.46. The van der Waals surface area contributed by atoms with Gasteiger partial charge < -0.3 is 4.74 Å². The molecule has 0 saturated heterocycles. The number of ether oxygens (including phenoxy) is 1. The molecule has 2 rings (SSSR count). The maximum absolute atomic E-state index is 11.6. The maximum atomic E-state index is 11.6. The molecule has 0 saturated carbocycles. The van der Waals surface area contributed by atoms with Crippen molar-refractivity contribution in [3.05, 3.63) is 41.3 Å². The predicted octanol–water partition coefficient (Wildman–Crippen LogP) is 2.20. The number of thioether (sulfide) groups is 1. The van der Waals surface area contributed by atoms with Crippen LogP contribution in [0.1, 0.15) is 21.7 Å². The Morgan fingerprint density at radius 3 is 2.95 bits per heavy atom. The van der Waals surface area contributed by atoms with Gasteiger partial charge in [-0.3, -0.25) is 9.67 Å². The lowest BCUT2D eigenvalue weighted by atomic mass is 10.2. The van der Waals surface area contributed by atoms with Crippen LogP contribution in [0.25, 0.3) is 0 Å². The van der Waals surface area contributed by atoms with E-state index >= 15 is 0 Å². The number of rotatable bonds is 4. The Balaban J connectivity index is 2.16. The van der Waals surface area contributed by atoms with Crippen molar-refractivity contribution in [1.29, 1.82) is 0 Å². The number of carbonyl (C=O) groups excluding carboxylic acids is 1. The van der Waals surface area contributed by atoms with Gasteiger partial charge in [-0.2, -0.15) is 5.10 Å². The van der Waals surface area contributed by atoms with E-state index in [2.05, 4.69) is 10.1 Å². The second-order valence-electron chi connectivity index (χ2n) is 4.03. The second-order valence-corrected chi connectivity index (χ2v) is 5.02. The van der Waals surface area contributed by atoms with Gasteiger partial charge in [0.05, 0.1) is 29.1 Å². The summed E-state index contributed by atoms with van der Waals surface area (Å²) in [6.45, 7) is 1.95. The van der Waals surface area contributed by atoms with Gasteiger partial charge in [0.1, 0.15) is 0 Å². The van der Waals surface area contributed by atoms with E-state index < -0.39 is 0 Å². The van der Waals surface area contributed by atoms with Crippen molar-refractivity contribution < 1.29 is 9.53 Å². The van der Waals surface area contributed by atoms with Gasteiger partial charge in [-0.25, -0.2) is 4.79 Å². The zero-order valence-electron chi connectivity index (χ0n) is 11.1. The number of pyridine rings is 1. The molecule has 0 atom stereocenters. The van der Waals surface area contributed by atoms with E-state index in [0.29, 0.717) is 11.3 Å². The summed E-state index contributed by atoms with van der Waals surface area (Å²) < 4.78 is 6.57. The highest BCUT2D eigenvalue weighted by molar-refractivity contribution is 7.98. The molecule has 19 heavy (non-hydrogen) atoms. The number of esters is 1. The molecular weight excluding hydrogens is 262 g/mol. The molecule has 2 aromatic heterocycles. The van der Waals surface area contributed by atoms with E-state index in [1.165, 1.54) is 7.11 Å². The molecule has 0 fully saturated rings. The fourth-order valence-electron chi connectivity index (χ4n) is 1.71. The molecule has 0 amide bonds. The number of aromatic nitrogens is 3. The Bertz CT molecular complexity index is 595. The summed E-state index contributed by atoms with van der Waals surface area (Å²) >= 11 is 1.59. The largest absolute Gasteiger partial charge is 0.465 e. The van der Waals surface area contributed by atoms with Gasteiger partial charge in [0.2, 0.25) is 0 Å². The predicted molar refractivity (Wildman–Crippen MR) is 73.1 cm³/mol. The van der Waals surface area contributed by atoms with Gasteiger partial charge in [-0.15, -0.1) is 11.8 Å². The molecule has 0 unspecified atom stereocenters. The number of nitrogens with zero attached hydrogens (tertiary/aromatic N) is 3. The van der Waals surface area contributed by atoms with Crippen molar-refractivity contribution in [2.45, 2.75) is 17.7 Å². The van der Waals surface area contributed by atoms with Crippen LogP contribution in [0.2, 0.25) is 0 Å². The molecule has 2 heterocycles. The van der Waals surface area contributed by atoms with Crippen LogP contribution in [-0.2, 0) is 17.5 Å². The van der Waals surface area contributed by atoms with Crippen molar-refractivity contribution in [3.8, 4) is 0 Å². The van der Waals surface area contributed by atoms with Gasteiger partial charge in [0.15, 0.2) is 0 Å². The second kappa shape index (κ2) is 5.88. The highest BCUT2D eigenvalue weighted by atomic mass is 32.2. The molecule has 0 aliphatic rings. The Morgan fingerprint density at radius 1 is 1.53 bits per heavy atom. The highest BCUT2D eigenvalue weighted by Gasteiger charge is 2.13. The van der Waals surface area contributed by atoms with Crippen LogP contribution in [0.4, 0.5) is 0 Å². The molecule has 0 aromatic carbocycles. The lowest BCUT2D eigenvalue weighted by molar-refractivity contribution is 0.0599. The maximum Gasteiger partial charge on any atom is 0.339 e. The van der Waals surface area contributed by atoms with Crippen molar-refractivity contribution in [1.82, 2.24) is 14.8 Å². The van der Waals surface area contributed by atoms with Crippen molar-refractivity contribution >= 4 is 17.7 Å². The van der Waals surface area contributed by atoms with Crippen LogP contribution in [-0.4, -0.2) is 27.8 Å². The fraction of sp³-hybridized carbons (Fsp3) is 0.308. The summed E-state index contributed by atoms with van der Waals surface area (Å²) in [5, 5.41) is 5.32. The van der Waals surface area contributed by atoms with E-state index in [4.69, 9.17) is 4.74 Å². The zero-order chi connectivity index (χ0) is 13.8. The smallest absolute Gasteiger partial charge is 0.339 e. The van der Waals surface area contributed by atoms with E-state index in [9.17, 15) is 4.79 Å². The van der Waals surface area contributed by atoms with E-state index in [1.807, 2.05) is 24.7 Å². The van der Waals surface area contributed by atoms with Gasteiger partial charge in [0.25, 0.3) is 0 Å². The monoisotopic (exact) mass is 277 g/mol. The molecule has 2 aromatic rings. The number of hydrogen-bond donors (Lipinski definition) is 0. The molecule has 0 spiro atoms. The van der Waals surface area contributed by atoms with Crippen LogP contribution < -0.4 is 0 Å². The third-order valence-electron chi connectivity index (χ3n) is 2.61. The normalized spacial score (nSPS) is 10.5. The topological polar surface area (TPSA) is 57.0 Å². The highest BCUT2D eigenvalue weighted by Crippen LogP contribution is 2.23. The van der Waals surface area contributed by atoms with E-state index in [0.717, 1.165) is 16.4 Å². The van der Waals surface area contributed by atoms with Crippen LogP contribution in [0.15, 0.2) is 29.4 Å². The van der Waals surface area contributed by atoms with Crippen LogP contribution in [0, 0.1) is 6.92 Å². The van der Waals surface area contributed by atoms with Crippen LogP contribution >= 0.6 is 11.8 Å². The minimum atomic E-state index is -0.357. The number of hydrogen-bond acceptors (Lipinski definition) is 5. The van der Waals surface area contributed by atoms with Gasteiger partial charge in [-0.05, 0) is 25.1 Å². The molecular formula is C13H15N3O2S. The zero-order valence-corrected chi connectivity index (χ0v) is 11.9. The first-order chi connectivity index (χ1) is 9.11. The minimum absolute atomic E-state index is 0.357. The summed E-state index contributed by atoms with van der Waals surface area (Å²) in [4.78, 5) is 15.9. The van der Waals surface area contributed by atoms with Gasteiger partial charge >= 0.3 is 5.97 Å². The third-order valence-corrected chi connectivity index (χ3v) is 3.71. The molecule has 6 heteroatoms. The molecule has 5 nitrogen and oxygen atoms in total. The molecule has 0 aliphatic heterocycles. The number of aryl methyl sites for hydroxylation is 2. The molecule has 0 N–H and O–H groups in total. The van der Waals surface area contributed by atoms with Crippen molar-refractivity contribution in [2.75, 3.05) is 7.11 Å². The van der Waals surface area contributed by atoms with E-state index in [-0.39, 0.29) is 5.97 Å². The first-order valence-electron chi connectivity index (χ1n) is 5.77. The van der Waals surface area contributed by atoms with Crippen molar-refractivity contribution in [2.24, 2.45) is 7.05 Å². The summed E-state index contributed by atoms with van der Waals surface area (Å²) in [5.41, 5.74) is 2.20.